The summed E-state index contributed by atoms with van der Waals surface area (Å²) in [7, 11) is 0. The van der Waals surface area contributed by atoms with Crippen LogP contribution in [-0.4, -0.2) is 22.8 Å². The van der Waals surface area contributed by atoms with Crippen molar-refractivity contribution >= 4 is 17.0 Å². The third-order valence-corrected chi connectivity index (χ3v) is 3.90. The minimum Gasteiger partial charge on any atom is -0.486 e. The Labute approximate surface area is 128 Å². The fourth-order valence-corrected chi connectivity index (χ4v) is 2.72. The van der Waals surface area contributed by atoms with Crippen LogP contribution in [0.15, 0.2) is 36.4 Å². The van der Waals surface area contributed by atoms with E-state index in [1.165, 1.54) is 11.1 Å². The molecule has 0 radical (unpaired) electrons. The van der Waals surface area contributed by atoms with Gasteiger partial charge in [0.15, 0.2) is 11.5 Å². The van der Waals surface area contributed by atoms with E-state index >= 15 is 0 Å². The molecule has 5 nitrogen and oxygen atoms in total. The van der Waals surface area contributed by atoms with Crippen molar-refractivity contribution in [2.24, 2.45) is 0 Å². The quantitative estimate of drug-likeness (QED) is 0.789. The van der Waals surface area contributed by atoms with Crippen molar-refractivity contribution < 1.29 is 9.47 Å². The summed E-state index contributed by atoms with van der Waals surface area (Å²) in [5.74, 6) is 1.99. The average molecular weight is 295 g/mol. The zero-order valence-electron chi connectivity index (χ0n) is 12.4. The van der Waals surface area contributed by atoms with Gasteiger partial charge in [0, 0.05) is 12.1 Å². The molecule has 1 aliphatic heterocycles. The summed E-state index contributed by atoms with van der Waals surface area (Å²) in [6, 6.07) is 12.3. The standard InChI is InChI=1S/C17H17N3O2/c1-11-2-4-12(5-3-11)10-20-14-9-16-15(21-6-7-22-16)8-13(14)19-17(20)18/h2-5,8-9H,6-7,10H2,1H3,(H2,18,19). The molecule has 0 aliphatic carbocycles. The highest BCUT2D eigenvalue weighted by atomic mass is 16.6. The van der Waals surface area contributed by atoms with E-state index in [9.17, 15) is 0 Å². The Morgan fingerprint density at radius 3 is 2.50 bits per heavy atom. The molecule has 0 saturated heterocycles. The second-order valence-corrected chi connectivity index (χ2v) is 5.53. The van der Waals surface area contributed by atoms with Crippen molar-refractivity contribution in [1.29, 1.82) is 0 Å². The number of rotatable bonds is 2. The van der Waals surface area contributed by atoms with Gasteiger partial charge >= 0.3 is 0 Å². The third kappa shape index (κ3) is 2.15. The number of benzene rings is 2. The Morgan fingerprint density at radius 1 is 1.09 bits per heavy atom. The number of aromatic nitrogens is 2. The van der Waals surface area contributed by atoms with Crippen LogP contribution in [0, 0.1) is 6.92 Å². The zero-order valence-corrected chi connectivity index (χ0v) is 12.4. The Kier molecular flexibility index (Phi) is 2.92. The number of ether oxygens (including phenoxy) is 2. The zero-order chi connectivity index (χ0) is 15.1. The summed E-state index contributed by atoms with van der Waals surface area (Å²) in [6.45, 7) is 3.90. The predicted molar refractivity (Wildman–Crippen MR) is 85.4 cm³/mol. The molecule has 1 aromatic heterocycles. The molecule has 0 atom stereocenters. The number of hydrogen-bond acceptors (Lipinski definition) is 4. The molecule has 0 spiro atoms. The van der Waals surface area contributed by atoms with E-state index in [0.717, 1.165) is 22.5 Å². The van der Waals surface area contributed by atoms with Crippen LogP contribution in [0.3, 0.4) is 0 Å². The number of nitrogens with two attached hydrogens (primary N) is 1. The molecule has 2 N–H and O–H groups in total. The highest BCUT2D eigenvalue weighted by Gasteiger charge is 2.17. The van der Waals surface area contributed by atoms with E-state index in [2.05, 4.69) is 36.2 Å². The monoisotopic (exact) mass is 295 g/mol. The van der Waals surface area contributed by atoms with Crippen LogP contribution in [-0.2, 0) is 6.54 Å². The van der Waals surface area contributed by atoms with Gasteiger partial charge in [0.1, 0.15) is 13.2 Å². The fourth-order valence-electron chi connectivity index (χ4n) is 2.72. The summed E-state index contributed by atoms with van der Waals surface area (Å²) in [4.78, 5) is 4.44. The smallest absolute Gasteiger partial charge is 0.201 e. The molecule has 3 aromatic rings. The molecule has 0 amide bonds. The molecule has 5 heteroatoms. The van der Waals surface area contributed by atoms with Gasteiger partial charge in [-0.05, 0) is 12.5 Å². The van der Waals surface area contributed by atoms with E-state index in [1.807, 2.05) is 16.7 Å². The number of hydrogen-bond donors (Lipinski definition) is 1. The summed E-state index contributed by atoms with van der Waals surface area (Å²) in [5, 5.41) is 0. The van der Waals surface area contributed by atoms with Gasteiger partial charge in [-0.25, -0.2) is 4.98 Å². The predicted octanol–water partition coefficient (Wildman–Crippen LogP) is 2.75. The highest BCUT2D eigenvalue weighted by Crippen LogP contribution is 2.35. The van der Waals surface area contributed by atoms with Crippen LogP contribution in [0.2, 0.25) is 0 Å². The molecule has 2 heterocycles. The Hall–Kier alpha value is -2.69. The molecule has 22 heavy (non-hydrogen) atoms. The number of aryl methyl sites for hydroxylation is 1. The van der Waals surface area contributed by atoms with E-state index in [-0.39, 0.29) is 0 Å². The first-order valence-corrected chi connectivity index (χ1v) is 7.31. The number of fused-ring (bicyclic) bond motifs is 2. The van der Waals surface area contributed by atoms with Crippen LogP contribution in [0.5, 0.6) is 11.5 Å². The first kappa shape index (κ1) is 13.0. The van der Waals surface area contributed by atoms with Crippen molar-refractivity contribution in [3.8, 4) is 11.5 Å². The van der Waals surface area contributed by atoms with Crippen LogP contribution in [0.4, 0.5) is 5.95 Å². The molecule has 0 saturated carbocycles. The summed E-state index contributed by atoms with van der Waals surface area (Å²) in [6.07, 6.45) is 0. The normalized spacial score (nSPS) is 13.5. The van der Waals surface area contributed by atoms with E-state index in [0.29, 0.717) is 25.7 Å². The van der Waals surface area contributed by atoms with E-state index in [4.69, 9.17) is 15.2 Å². The fraction of sp³-hybridized carbons (Fsp3) is 0.235. The maximum absolute atomic E-state index is 6.10. The molecule has 1 aliphatic rings. The number of anilines is 1. The van der Waals surface area contributed by atoms with Crippen molar-refractivity contribution in [3.63, 3.8) is 0 Å². The molecule has 0 bridgehead atoms. The molecule has 112 valence electrons. The summed E-state index contributed by atoms with van der Waals surface area (Å²) in [5.41, 5.74) is 10.3. The Bertz CT molecular complexity index is 837. The van der Waals surface area contributed by atoms with Gasteiger partial charge in [0.2, 0.25) is 5.95 Å². The summed E-state index contributed by atoms with van der Waals surface area (Å²) < 4.78 is 13.3. The van der Waals surface area contributed by atoms with Crippen molar-refractivity contribution in [3.05, 3.63) is 47.5 Å². The van der Waals surface area contributed by atoms with Crippen LogP contribution in [0.1, 0.15) is 11.1 Å². The molecular formula is C17H17N3O2. The van der Waals surface area contributed by atoms with E-state index in [1.54, 1.807) is 0 Å². The maximum atomic E-state index is 6.10. The van der Waals surface area contributed by atoms with Crippen molar-refractivity contribution in [1.82, 2.24) is 9.55 Å². The second kappa shape index (κ2) is 4.94. The third-order valence-electron chi connectivity index (χ3n) is 3.90. The Morgan fingerprint density at radius 2 is 1.77 bits per heavy atom. The van der Waals surface area contributed by atoms with Gasteiger partial charge in [-0.2, -0.15) is 0 Å². The molecule has 0 unspecified atom stereocenters. The maximum Gasteiger partial charge on any atom is 0.201 e. The van der Waals surface area contributed by atoms with Gasteiger partial charge in [0.05, 0.1) is 17.6 Å². The number of nitrogens with zero attached hydrogens (tertiary/aromatic N) is 2. The van der Waals surface area contributed by atoms with Gasteiger partial charge < -0.3 is 19.8 Å². The lowest BCUT2D eigenvalue weighted by Gasteiger charge is -2.18. The minimum absolute atomic E-state index is 0.498. The van der Waals surface area contributed by atoms with Gasteiger partial charge in [-0.15, -0.1) is 0 Å². The lowest BCUT2D eigenvalue weighted by molar-refractivity contribution is 0.172. The molecular weight excluding hydrogens is 278 g/mol. The highest BCUT2D eigenvalue weighted by molar-refractivity contribution is 5.82. The number of nitrogen functional groups attached to an aromatic ring is 1. The topological polar surface area (TPSA) is 62.3 Å². The lowest BCUT2D eigenvalue weighted by atomic mass is 10.1. The van der Waals surface area contributed by atoms with Crippen LogP contribution < -0.4 is 15.2 Å². The van der Waals surface area contributed by atoms with Crippen molar-refractivity contribution in [2.45, 2.75) is 13.5 Å². The average Bonchev–Trinajstić information content (AvgIpc) is 2.82. The van der Waals surface area contributed by atoms with Crippen molar-refractivity contribution in [2.75, 3.05) is 18.9 Å². The molecule has 0 fully saturated rings. The second-order valence-electron chi connectivity index (χ2n) is 5.53. The molecule has 2 aromatic carbocycles. The number of imidazole rings is 1. The SMILES string of the molecule is Cc1ccc(Cn2c(N)nc3cc4c(cc32)OCCO4)cc1. The molecule has 4 rings (SSSR count). The van der Waals surface area contributed by atoms with E-state index < -0.39 is 0 Å². The first-order chi connectivity index (χ1) is 10.7. The largest absolute Gasteiger partial charge is 0.486 e. The first-order valence-electron chi connectivity index (χ1n) is 7.31. The van der Waals surface area contributed by atoms with Crippen LogP contribution in [0.25, 0.3) is 11.0 Å². The Balaban J connectivity index is 1.79. The van der Waals surface area contributed by atoms with Gasteiger partial charge in [-0.1, -0.05) is 29.8 Å². The van der Waals surface area contributed by atoms with Gasteiger partial charge in [-0.3, -0.25) is 0 Å². The van der Waals surface area contributed by atoms with Crippen LogP contribution >= 0.6 is 0 Å². The van der Waals surface area contributed by atoms with Gasteiger partial charge in [0.25, 0.3) is 0 Å². The minimum atomic E-state index is 0.498. The lowest BCUT2D eigenvalue weighted by Crippen LogP contribution is -2.15. The summed E-state index contributed by atoms with van der Waals surface area (Å²) >= 11 is 0.